The fourth-order valence-electron chi connectivity index (χ4n) is 2.18. The summed E-state index contributed by atoms with van der Waals surface area (Å²) in [6, 6.07) is 16.7. The molecule has 1 unspecified atom stereocenters. The van der Waals surface area contributed by atoms with E-state index in [0.717, 1.165) is 22.0 Å². The summed E-state index contributed by atoms with van der Waals surface area (Å²) >= 11 is 3.56. The van der Waals surface area contributed by atoms with Crippen molar-refractivity contribution in [1.82, 2.24) is 0 Å². The van der Waals surface area contributed by atoms with Gasteiger partial charge in [0, 0.05) is 4.47 Å². The second-order valence-corrected chi connectivity index (χ2v) is 5.70. The van der Waals surface area contributed by atoms with Crippen LogP contribution in [0.3, 0.4) is 0 Å². The van der Waals surface area contributed by atoms with Gasteiger partial charge in [0.2, 0.25) is 0 Å². The molecule has 0 amide bonds. The number of nitrogens with two attached hydrogens (primary N) is 1. The minimum Gasteiger partial charge on any atom is -0.320 e. The molecule has 1 atom stereocenters. The van der Waals surface area contributed by atoms with Crippen LogP contribution in [0, 0.1) is 0 Å². The molecule has 0 aliphatic heterocycles. The molecule has 0 bridgehead atoms. The maximum absolute atomic E-state index is 6.34. The highest BCUT2D eigenvalue weighted by molar-refractivity contribution is 9.10. The van der Waals surface area contributed by atoms with Crippen LogP contribution in [-0.2, 0) is 6.42 Å². The Morgan fingerprint density at radius 2 is 1.74 bits per heavy atom. The quantitative estimate of drug-likeness (QED) is 0.839. The molecule has 0 saturated carbocycles. The van der Waals surface area contributed by atoms with Gasteiger partial charge in [0.25, 0.3) is 0 Å². The first-order valence-corrected chi connectivity index (χ1v) is 7.60. The molecule has 0 radical (unpaired) electrons. The summed E-state index contributed by atoms with van der Waals surface area (Å²) in [6.07, 6.45) is 3.63. The first-order chi connectivity index (χ1) is 9.22. The van der Waals surface area contributed by atoms with Crippen molar-refractivity contribution < 1.29 is 0 Å². The summed E-state index contributed by atoms with van der Waals surface area (Å²) in [5.74, 6) is 0. The Morgan fingerprint density at radius 3 is 2.37 bits per heavy atom. The molecule has 100 valence electrons. The zero-order valence-electron chi connectivity index (χ0n) is 11.3. The fraction of sp³-hybridized carbons (Fsp3) is 0.294. The van der Waals surface area contributed by atoms with Crippen molar-refractivity contribution in [3.8, 4) is 0 Å². The summed E-state index contributed by atoms with van der Waals surface area (Å²) in [4.78, 5) is 0. The Bertz CT molecular complexity index is 519. The van der Waals surface area contributed by atoms with E-state index in [-0.39, 0.29) is 6.04 Å². The Labute approximate surface area is 124 Å². The van der Waals surface area contributed by atoms with Gasteiger partial charge in [0.15, 0.2) is 0 Å². The van der Waals surface area contributed by atoms with Gasteiger partial charge < -0.3 is 5.73 Å². The number of rotatable bonds is 5. The van der Waals surface area contributed by atoms with E-state index in [0.29, 0.717) is 0 Å². The third kappa shape index (κ3) is 3.68. The van der Waals surface area contributed by atoms with Crippen molar-refractivity contribution in [2.75, 3.05) is 0 Å². The minimum atomic E-state index is -0.0733. The summed E-state index contributed by atoms with van der Waals surface area (Å²) in [7, 11) is 0. The topological polar surface area (TPSA) is 26.0 Å². The largest absolute Gasteiger partial charge is 0.320 e. The number of halogens is 1. The van der Waals surface area contributed by atoms with Crippen molar-refractivity contribution >= 4 is 15.9 Å². The highest BCUT2D eigenvalue weighted by atomic mass is 79.9. The van der Waals surface area contributed by atoms with Gasteiger partial charge in [-0.2, -0.15) is 0 Å². The van der Waals surface area contributed by atoms with Gasteiger partial charge in [-0.15, -0.1) is 0 Å². The third-order valence-corrected chi connectivity index (χ3v) is 4.12. The number of hydrogen-bond acceptors (Lipinski definition) is 1. The summed E-state index contributed by atoms with van der Waals surface area (Å²) < 4.78 is 1.07. The molecular formula is C17H20BrN. The minimum absolute atomic E-state index is 0.0733. The lowest BCUT2D eigenvalue weighted by atomic mass is 9.97. The van der Waals surface area contributed by atoms with E-state index < -0.39 is 0 Å². The van der Waals surface area contributed by atoms with Crippen LogP contribution in [0.15, 0.2) is 53.0 Å². The SMILES string of the molecule is CCCCc1ccc(C(N)c2ccccc2Br)cc1. The molecule has 2 heteroatoms. The zero-order valence-corrected chi connectivity index (χ0v) is 12.9. The number of benzene rings is 2. The average molecular weight is 318 g/mol. The van der Waals surface area contributed by atoms with Gasteiger partial charge in [0.1, 0.15) is 0 Å². The van der Waals surface area contributed by atoms with Crippen LogP contribution in [0.4, 0.5) is 0 Å². The van der Waals surface area contributed by atoms with Crippen molar-refractivity contribution in [3.63, 3.8) is 0 Å². The van der Waals surface area contributed by atoms with E-state index in [4.69, 9.17) is 5.73 Å². The lowest BCUT2D eigenvalue weighted by molar-refractivity contribution is 0.793. The molecule has 0 saturated heterocycles. The zero-order chi connectivity index (χ0) is 13.7. The van der Waals surface area contributed by atoms with E-state index in [1.165, 1.54) is 18.4 Å². The first-order valence-electron chi connectivity index (χ1n) is 6.81. The van der Waals surface area contributed by atoms with Crippen LogP contribution in [-0.4, -0.2) is 0 Å². The molecule has 2 rings (SSSR count). The molecule has 2 aromatic rings. The van der Waals surface area contributed by atoms with Crippen LogP contribution in [0.5, 0.6) is 0 Å². The van der Waals surface area contributed by atoms with Crippen molar-refractivity contribution in [2.24, 2.45) is 5.73 Å². The maximum Gasteiger partial charge on any atom is 0.0562 e. The van der Waals surface area contributed by atoms with Gasteiger partial charge in [-0.05, 0) is 35.6 Å². The molecule has 0 heterocycles. The van der Waals surface area contributed by atoms with Crippen molar-refractivity contribution in [1.29, 1.82) is 0 Å². The molecule has 2 aromatic carbocycles. The summed E-state index contributed by atoms with van der Waals surface area (Å²) in [6.45, 7) is 2.22. The van der Waals surface area contributed by atoms with Crippen LogP contribution in [0.2, 0.25) is 0 Å². The van der Waals surface area contributed by atoms with Crippen LogP contribution < -0.4 is 5.73 Å². The Hall–Kier alpha value is -1.12. The molecule has 0 aliphatic carbocycles. The van der Waals surface area contributed by atoms with Gasteiger partial charge in [-0.25, -0.2) is 0 Å². The lowest BCUT2D eigenvalue weighted by Crippen LogP contribution is -2.12. The molecule has 19 heavy (non-hydrogen) atoms. The third-order valence-electron chi connectivity index (χ3n) is 3.40. The van der Waals surface area contributed by atoms with Gasteiger partial charge in [-0.1, -0.05) is 71.7 Å². The number of hydrogen-bond donors (Lipinski definition) is 1. The highest BCUT2D eigenvalue weighted by Gasteiger charge is 2.11. The van der Waals surface area contributed by atoms with E-state index >= 15 is 0 Å². The first kappa shape index (κ1) is 14.3. The van der Waals surface area contributed by atoms with Gasteiger partial charge >= 0.3 is 0 Å². The van der Waals surface area contributed by atoms with Crippen LogP contribution >= 0.6 is 15.9 Å². The van der Waals surface area contributed by atoms with Crippen molar-refractivity contribution in [3.05, 3.63) is 69.7 Å². The van der Waals surface area contributed by atoms with Crippen LogP contribution in [0.1, 0.15) is 42.5 Å². The normalized spacial score (nSPS) is 12.4. The Morgan fingerprint density at radius 1 is 1.05 bits per heavy atom. The van der Waals surface area contributed by atoms with E-state index in [1.807, 2.05) is 18.2 Å². The van der Waals surface area contributed by atoms with Crippen LogP contribution in [0.25, 0.3) is 0 Å². The maximum atomic E-state index is 6.34. The molecule has 0 fully saturated rings. The summed E-state index contributed by atoms with van der Waals surface area (Å²) in [5, 5.41) is 0. The predicted octanol–water partition coefficient (Wildman–Crippen LogP) is 4.84. The molecular weight excluding hydrogens is 298 g/mol. The van der Waals surface area contributed by atoms with Gasteiger partial charge in [0.05, 0.1) is 6.04 Å². The second kappa shape index (κ2) is 6.88. The lowest BCUT2D eigenvalue weighted by Gasteiger charge is -2.14. The predicted molar refractivity (Wildman–Crippen MR) is 85.2 cm³/mol. The van der Waals surface area contributed by atoms with E-state index in [1.54, 1.807) is 0 Å². The summed E-state index contributed by atoms with van der Waals surface area (Å²) in [5.41, 5.74) is 10.0. The molecule has 0 aliphatic rings. The van der Waals surface area contributed by atoms with Gasteiger partial charge in [-0.3, -0.25) is 0 Å². The fourth-order valence-corrected chi connectivity index (χ4v) is 2.71. The monoisotopic (exact) mass is 317 g/mol. The standard InChI is InChI=1S/C17H20BrN/c1-2-3-6-13-9-11-14(12-10-13)17(19)15-7-4-5-8-16(15)18/h4-5,7-12,17H,2-3,6,19H2,1H3. The number of unbranched alkanes of at least 4 members (excludes halogenated alkanes) is 1. The van der Waals surface area contributed by atoms with Crippen molar-refractivity contribution in [2.45, 2.75) is 32.2 Å². The van der Waals surface area contributed by atoms with E-state index in [9.17, 15) is 0 Å². The average Bonchev–Trinajstić information content (AvgIpc) is 2.45. The molecule has 0 aromatic heterocycles. The Kier molecular flexibility index (Phi) is 5.17. The highest BCUT2D eigenvalue weighted by Crippen LogP contribution is 2.26. The molecule has 2 N–H and O–H groups in total. The Balaban J connectivity index is 2.16. The molecule has 0 spiro atoms. The number of aryl methyl sites for hydroxylation is 1. The van der Waals surface area contributed by atoms with E-state index in [2.05, 4.69) is 53.2 Å². The second-order valence-electron chi connectivity index (χ2n) is 4.84. The molecule has 1 nitrogen and oxygen atoms in total. The smallest absolute Gasteiger partial charge is 0.0562 e.